The van der Waals surface area contributed by atoms with Crippen molar-refractivity contribution in [2.24, 2.45) is 0 Å². The van der Waals surface area contributed by atoms with Gasteiger partial charge in [-0.15, -0.1) is 0 Å². The van der Waals surface area contributed by atoms with Crippen LogP contribution < -0.4 is 0 Å². The molecular weight excluding hydrogens is 224 g/mol. The first-order valence-corrected chi connectivity index (χ1v) is 6.71. The van der Waals surface area contributed by atoms with Crippen LogP contribution >= 0.6 is 0 Å². The van der Waals surface area contributed by atoms with Crippen molar-refractivity contribution < 1.29 is 5.11 Å². The van der Waals surface area contributed by atoms with Crippen molar-refractivity contribution in [2.45, 2.75) is 45.1 Å². The predicted octanol–water partition coefficient (Wildman–Crippen LogP) is 3.63. The van der Waals surface area contributed by atoms with Gasteiger partial charge in [-0.1, -0.05) is 44.7 Å². The zero-order chi connectivity index (χ0) is 12.8. The molecule has 1 unspecified atom stereocenters. The zero-order valence-electron chi connectivity index (χ0n) is 10.8. The summed E-state index contributed by atoms with van der Waals surface area (Å²) >= 11 is 0. The van der Waals surface area contributed by atoms with Crippen molar-refractivity contribution in [3.05, 3.63) is 36.2 Å². The molecule has 1 N–H and O–H groups in total. The standard InChI is InChI=1S/C15H20N2O/c1-2-3-4-5-10-15(18)14-11-16-12-8-6-7-9-13(12)17-14/h6-9,11,15,18H,2-5,10H2,1H3. The normalized spacial score (nSPS) is 12.8. The van der Waals surface area contributed by atoms with E-state index in [1.165, 1.54) is 19.3 Å². The fraction of sp³-hybridized carbons (Fsp3) is 0.467. The summed E-state index contributed by atoms with van der Waals surface area (Å²) in [4.78, 5) is 8.79. The van der Waals surface area contributed by atoms with E-state index >= 15 is 0 Å². The van der Waals surface area contributed by atoms with Gasteiger partial charge in [0.15, 0.2) is 0 Å². The Balaban J connectivity index is 2.01. The van der Waals surface area contributed by atoms with E-state index in [1.807, 2.05) is 24.3 Å². The first-order chi connectivity index (χ1) is 8.81. The molecule has 0 radical (unpaired) electrons. The van der Waals surface area contributed by atoms with Crippen molar-refractivity contribution in [3.8, 4) is 0 Å². The van der Waals surface area contributed by atoms with Gasteiger partial charge < -0.3 is 5.11 Å². The fourth-order valence-electron chi connectivity index (χ4n) is 2.04. The highest BCUT2D eigenvalue weighted by atomic mass is 16.3. The number of para-hydroxylation sites is 2. The topological polar surface area (TPSA) is 46.0 Å². The van der Waals surface area contributed by atoms with Crippen LogP contribution in [-0.4, -0.2) is 15.1 Å². The van der Waals surface area contributed by atoms with Crippen molar-refractivity contribution in [1.29, 1.82) is 0 Å². The molecule has 0 spiro atoms. The van der Waals surface area contributed by atoms with Crippen LogP contribution in [0.5, 0.6) is 0 Å². The third-order valence-corrected chi connectivity index (χ3v) is 3.14. The van der Waals surface area contributed by atoms with Crippen LogP contribution in [0.2, 0.25) is 0 Å². The summed E-state index contributed by atoms with van der Waals surface area (Å²) in [6, 6.07) is 7.74. The molecule has 3 heteroatoms. The molecule has 0 aliphatic heterocycles. The Morgan fingerprint density at radius 3 is 2.67 bits per heavy atom. The van der Waals surface area contributed by atoms with Crippen LogP contribution in [0, 0.1) is 0 Å². The van der Waals surface area contributed by atoms with E-state index < -0.39 is 6.10 Å². The summed E-state index contributed by atoms with van der Waals surface area (Å²) in [5.74, 6) is 0. The van der Waals surface area contributed by atoms with Crippen molar-refractivity contribution in [3.63, 3.8) is 0 Å². The lowest BCUT2D eigenvalue weighted by molar-refractivity contribution is 0.158. The Hall–Kier alpha value is -1.48. The molecule has 0 fully saturated rings. The number of hydrogen-bond donors (Lipinski definition) is 1. The Morgan fingerprint density at radius 1 is 1.11 bits per heavy atom. The number of unbranched alkanes of at least 4 members (excludes halogenated alkanes) is 3. The number of benzene rings is 1. The smallest absolute Gasteiger partial charge is 0.0975 e. The Labute approximate surface area is 108 Å². The van der Waals surface area contributed by atoms with E-state index in [4.69, 9.17) is 0 Å². The first-order valence-electron chi connectivity index (χ1n) is 6.71. The third-order valence-electron chi connectivity index (χ3n) is 3.14. The molecule has 0 amide bonds. The predicted molar refractivity (Wildman–Crippen MR) is 73.3 cm³/mol. The number of aromatic nitrogens is 2. The van der Waals surface area contributed by atoms with Gasteiger partial charge in [-0.2, -0.15) is 0 Å². The van der Waals surface area contributed by atoms with Gasteiger partial charge in [-0.05, 0) is 18.6 Å². The van der Waals surface area contributed by atoms with Crippen LogP contribution in [0.25, 0.3) is 11.0 Å². The van der Waals surface area contributed by atoms with Crippen molar-refractivity contribution in [2.75, 3.05) is 0 Å². The molecule has 1 heterocycles. The van der Waals surface area contributed by atoms with Gasteiger partial charge in [0, 0.05) is 0 Å². The molecule has 0 aliphatic carbocycles. The Kier molecular flexibility index (Phi) is 4.65. The van der Waals surface area contributed by atoms with Gasteiger partial charge in [-0.3, -0.25) is 4.98 Å². The maximum atomic E-state index is 10.1. The lowest BCUT2D eigenvalue weighted by Gasteiger charge is -2.10. The van der Waals surface area contributed by atoms with E-state index in [-0.39, 0.29) is 0 Å². The summed E-state index contributed by atoms with van der Waals surface area (Å²) in [5.41, 5.74) is 2.41. The summed E-state index contributed by atoms with van der Waals surface area (Å²) in [7, 11) is 0. The van der Waals surface area contributed by atoms with Crippen LogP contribution in [0.3, 0.4) is 0 Å². The van der Waals surface area contributed by atoms with Crippen LogP contribution in [0.15, 0.2) is 30.5 Å². The molecular formula is C15H20N2O. The van der Waals surface area contributed by atoms with Gasteiger partial charge in [-0.25, -0.2) is 4.98 Å². The highest BCUT2D eigenvalue weighted by molar-refractivity contribution is 5.73. The summed E-state index contributed by atoms with van der Waals surface area (Å²) in [6.07, 6.45) is 6.64. The second kappa shape index (κ2) is 6.45. The Bertz CT molecular complexity index is 499. The summed E-state index contributed by atoms with van der Waals surface area (Å²) < 4.78 is 0. The van der Waals surface area contributed by atoms with Crippen molar-refractivity contribution >= 4 is 11.0 Å². The van der Waals surface area contributed by atoms with Gasteiger partial charge >= 0.3 is 0 Å². The third kappa shape index (κ3) is 3.26. The lowest BCUT2D eigenvalue weighted by atomic mass is 10.1. The Morgan fingerprint density at radius 2 is 1.89 bits per heavy atom. The maximum absolute atomic E-state index is 10.1. The second-order valence-corrected chi connectivity index (χ2v) is 4.65. The van der Waals surface area contributed by atoms with E-state index in [2.05, 4.69) is 16.9 Å². The number of aliphatic hydroxyl groups is 1. The average Bonchev–Trinajstić information content (AvgIpc) is 2.43. The molecule has 1 aromatic heterocycles. The lowest BCUT2D eigenvalue weighted by Crippen LogP contribution is -2.01. The first kappa shape index (κ1) is 13.0. The van der Waals surface area contributed by atoms with E-state index in [0.717, 1.165) is 23.9 Å². The minimum atomic E-state index is -0.487. The minimum Gasteiger partial charge on any atom is -0.387 e. The molecule has 96 valence electrons. The summed E-state index contributed by atoms with van der Waals surface area (Å²) in [5, 5.41) is 10.1. The zero-order valence-corrected chi connectivity index (χ0v) is 10.8. The molecule has 1 atom stereocenters. The van der Waals surface area contributed by atoms with Gasteiger partial charge in [0.2, 0.25) is 0 Å². The van der Waals surface area contributed by atoms with Crippen LogP contribution in [-0.2, 0) is 0 Å². The summed E-state index contributed by atoms with van der Waals surface area (Å²) in [6.45, 7) is 2.19. The highest BCUT2D eigenvalue weighted by Gasteiger charge is 2.09. The molecule has 18 heavy (non-hydrogen) atoms. The van der Waals surface area contributed by atoms with Gasteiger partial charge in [0.05, 0.1) is 29.0 Å². The number of aliphatic hydroxyl groups excluding tert-OH is 1. The van der Waals surface area contributed by atoms with Gasteiger partial charge in [0.1, 0.15) is 0 Å². The quantitative estimate of drug-likeness (QED) is 0.789. The second-order valence-electron chi connectivity index (χ2n) is 4.65. The molecule has 3 nitrogen and oxygen atoms in total. The largest absolute Gasteiger partial charge is 0.387 e. The molecule has 0 aliphatic rings. The van der Waals surface area contributed by atoms with Crippen LogP contribution in [0.4, 0.5) is 0 Å². The highest BCUT2D eigenvalue weighted by Crippen LogP contribution is 2.19. The monoisotopic (exact) mass is 244 g/mol. The fourth-order valence-corrected chi connectivity index (χ4v) is 2.04. The average molecular weight is 244 g/mol. The van der Waals surface area contributed by atoms with E-state index in [9.17, 15) is 5.11 Å². The molecule has 1 aromatic carbocycles. The molecule has 0 saturated carbocycles. The molecule has 0 saturated heterocycles. The molecule has 2 rings (SSSR count). The molecule has 0 bridgehead atoms. The number of hydrogen-bond acceptors (Lipinski definition) is 3. The van der Waals surface area contributed by atoms with E-state index in [1.54, 1.807) is 6.20 Å². The minimum absolute atomic E-state index is 0.487. The van der Waals surface area contributed by atoms with E-state index in [0.29, 0.717) is 5.69 Å². The van der Waals surface area contributed by atoms with Gasteiger partial charge in [0.25, 0.3) is 0 Å². The number of rotatable bonds is 6. The number of nitrogens with zero attached hydrogens (tertiary/aromatic N) is 2. The SMILES string of the molecule is CCCCCCC(O)c1cnc2ccccc2n1. The van der Waals surface area contributed by atoms with Crippen molar-refractivity contribution in [1.82, 2.24) is 9.97 Å². The number of fused-ring (bicyclic) bond motifs is 1. The molecule has 2 aromatic rings. The van der Waals surface area contributed by atoms with Crippen LogP contribution in [0.1, 0.15) is 50.8 Å². The maximum Gasteiger partial charge on any atom is 0.0975 e.